The van der Waals surface area contributed by atoms with Crippen LogP contribution < -0.4 is 20.7 Å². The van der Waals surface area contributed by atoms with E-state index in [0.29, 0.717) is 5.69 Å². The van der Waals surface area contributed by atoms with Crippen LogP contribution in [0.4, 0.5) is 11.4 Å². The summed E-state index contributed by atoms with van der Waals surface area (Å²) >= 11 is 0. The number of piperazine rings is 1. The molecule has 2 aromatic carbocycles. The molecule has 1 heterocycles. The van der Waals surface area contributed by atoms with Gasteiger partial charge in [0, 0.05) is 38.4 Å². The van der Waals surface area contributed by atoms with Crippen LogP contribution >= 0.6 is 0 Å². The van der Waals surface area contributed by atoms with Crippen LogP contribution in [-0.2, 0) is 13.0 Å². The third kappa shape index (κ3) is 4.90. The number of nitrogens with one attached hydrogen (secondary N) is 1. The maximum absolute atomic E-state index is 5.86. The van der Waals surface area contributed by atoms with Crippen LogP contribution in [0.1, 0.15) is 11.1 Å². The third-order valence-corrected chi connectivity index (χ3v) is 5.02. The Kier molecular flexibility index (Phi) is 6.36. The Bertz CT molecular complexity index is 694. The highest BCUT2D eigenvalue weighted by Crippen LogP contribution is 2.22. The van der Waals surface area contributed by atoms with Crippen molar-refractivity contribution in [1.29, 1.82) is 0 Å². The van der Waals surface area contributed by atoms with E-state index >= 15 is 0 Å². The van der Waals surface area contributed by atoms with Crippen molar-refractivity contribution < 1.29 is 4.74 Å². The highest BCUT2D eigenvalue weighted by Gasteiger charge is 2.13. The molecule has 140 valence electrons. The topological polar surface area (TPSA) is 53.8 Å². The van der Waals surface area contributed by atoms with Crippen LogP contribution in [0.5, 0.6) is 5.75 Å². The van der Waals surface area contributed by atoms with Crippen molar-refractivity contribution in [2.75, 3.05) is 57.5 Å². The van der Waals surface area contributed by atoms with Gasteiger partial charge in [-0.1, -0.05) is 18.2 Å². The Morgan fingerprint density at radius 3 is 2.38 bits per heavy atom. The molecule has 5 heteroatoms. The Hall–Kier alpha value is -2.24. The molecule has 0 spiro atoms. The first-order valence-corrected chi connectivity index (χ1v) is 9.31. The van der Waals surface area contributed by atoms with Gasteiger partial charge < -0.3 is 25.6 Å². The van der Waals surface area contributed by atoms with Crippen LogP contribution in [0, 0.1) is 0 Å². The minimum atomic E-state index is 0.685. The van der Waals surface area contributed by atoms with Gasteiger partial charge in [-0.15, -0.1) is 0 Å². The summed E-state index contributed by atoms with van der Waals surface area (Å²) in [6, 6.07) is 14.9. The number of nitrogen functional groups attached to an aromatic ring is 1. The predicted octanol–water partition coefficient (Wildman–Crippen LogP) is 2.36. The van der Waals surface area contributed by atoms with E-state index in [-0.39, 0.29) is 0 Å². The standard InChI is InChI=1S/C21H30N4O/c1-24-11-13-25(14-12-24)19-6-3-18(4-7-19)16-23-10-9-17-5-8-20(22)21(15-17)26-2/h3-8,15,23H,9-14,16,22H2,1-2H3. The molecule has 1 saturated heterocycles. The minimum Gasteiger partial charge on any atom is -0.495 e. The first kappa shape index (κ1) is 18.5. The summed E-state index contributed by atoms with van der Waals surface area (Å²) in [7, 11) is 3.84. The van der Waals surface area contributed by atoms with E-state index in [4.69, 9.17) is 10.5 Å². The maximum atomic E-state index is 5.86. The molecular weight excluding hydrogens is 324 g/mol. The number of rotatable bonds is 7. The zero-order chi connectivity index (χ0) is 18.4. The zero-order valence-corrected chi connectivity index (χ0v) is 15.9. The van der Waals surface area contributed by atoms with Crippen molar-refractivity contribution in [3.05, 3.63) is 53.6 Å². The molecule has 3 N–H and O–H groups in total. The average Bonchev–Trinajstić information content (AvgIpc) is 2.67. The lowest BCUT2D eigenvalue weighted by Gasteiger charge is -2.34. The van der Waals surface area contributed by atoms with Crippen molar-refractivity contribution in [2.24, 2.45) is 0 Å². The molecule has 1 fully saturated rings. The first-order valence-electron chi connectivity index (χ1n) is 9.31. The molecule has 0 unspecified atom stereocenters. The van der Waals surface area contributed by atoms with E-state index in [1.165, 1.54) is 16.8 Å². The smallest absolute Gasteiger partial charge is 0.142 e. The van der Waals surface area contributed by atoms with E-state index in [1.54, 1.807) is 7.11 Å². The number of nitrogens with two attached hydrogens (primary N) is 1. The predicted molar refractivity (Wildman–Crippen MR) is 109 cm³/mol. The van der Waals surface area contributed by atoms with Gasteiger partial charge in [0.25, 0.3) is 0 Å². The minimum absolute atomic E-state index is 0.685. The van der Waals surface area contributed by atoms with Crippen molar-refractivity contribution in [3.63, 3.8) is 0 Å². The summed E-state index contributed by atoms with van der Waals surface area (Å²) in [5, 5.41) is 3.51. The normalized spacial score (nSPS) is 15.2. The third-order valence-electron chi connectivity index (χ3n) is 5.02. The molecule has 0 amide bonds. The highest BCUT2D eigenvalue weighted by molar-refractivity contribution is 5.54. The van der Waals surface area contributed by atoms with E-state index in [9.17, 15) is 0 Å². The van der Waals surface area contributed by atoms with Crippen LogP contribution in [0.2, 0.25) is 0 Å². The van der Waals surface area contributed by atoms with Crippen molar-refractivity contribution in [2.45, 2.75) is 13.0 Å². The fourth-order valence-corrected chi connectivity index (χ4v) is 3.27. The van der Waals surface area contributed by atoms with Crippen LogP contribution in [0.25, 0.3) is 0 Å². The summed E-state index contributed by atoms with van der Waals surface area (Å²) in [5.41, 5.74) is 10.4. The lowest BCUT2D eigenvalue weighted by atomic mass is 10.1. The van der Waals surface area contributed by atoms with Gasteiger partial charge in [-0.2, -0.15) is 0 Å². The van der Waals surface area contributed by atoms with Crippen LogP contribution in [0.3, 0.4) is 0 Å². The lowest BCUT2D eigenvalue weighted by molar-refractivity contribution is 0.313. The summed E-state index contributed by atoms with van der Waals surface area (Å²) in [4.78, 5) is 4.84. The summed E-state index contributed by atoms with van der Waals surface area (Å²) in [6.45, 7) is 6.30. The molecule has 3 rings (SSSR count). The van der Waals surface area contributed by atoms with E-state index in [1.807, 2.05) is 12.1 Å². The lowest BCUT2D eigenvalue weighted by Crippen LogP contribution is -2.44. The van der Waals surface area contributed by atoms with E-state index < -0.39 is 0 Å². The molecule has 5 nitrogen and oxygen atoms in total. The van der Waals surface area contributed by atoms with Gasteiger partial charge in [0.2, 0.25) is 0 Å². The fourth-order valence-electron chi connectivity index (χ4n) is 3.27. The number of hydrogen-bond donors (Lipinski definition) is 2. The van der Waals surface area contributed by atoms with Gasteiger partial charge in [0.05, 0.1) is 12.8 Å². The average molecular weight is 354 g/mol. The van der Waals surface area contributed by atoms with Crippen LogP contribution in [-0.4, -0.2) is 51.8 Å². The quantitative estimate of drug-likeness (QED) is 0.591. The van der Waals surface area contributed by atoms with E-state index in [2.05, 4.69) is 52.5 Å². The van der Waals surface area contributed by atoms with Crippen molar-refractivity contribution >= 4 is 11.4 Å². The SMILES string of the molecule is COc1cc(CCNCc2ccc(N3CCN(C)CC3)cc2)ccc1N. The van der Waals surface area contributed by atoms with Gasteiger partial charge >= 0.3 is 0 Å². The largest absolute Gasteiger partial charge is 0.495 e. The first-order chi connectivity index (χ1) is 12.7. The number of methoxy groups -OCH3 is 1. The number of anilines is 2. The second-order valence-electron chi connectivity index (χ2n) is 6.96. The van der Waals surface area contributed by atoms with Gasteiger partial charge in [-0.05, 0) is 55.4 Å². The zero-order valence-electron chi connectivity index (χ0n) is 15.9. The number of benzene rings is 2. The number of ether oxygens (including phenoxy) is 1. The molecule has 0 atom stereocenters. The van der Waals surface area contributed by atoms with Crippen molar-refractivity contribution in [1.82, 2.24) is 10.2 Å². The summed E-state index contributed by atoms with van der Waals surface area (Å²) < 4.78 is 5.28. The number of nitrogens with zero attached hydrogens (tertiary/aromatic N) is 2. The Labute approximate surface area is 156 Å². The Morgan fingerprint density at radius 2 is 1.69 bits per heavy atom. The molecule has 1 aliphatic rings. The van der Waals surface area contributed by atoms with Crippen LogP contribution in [0.15, 0.2) is 42.5 Å². The fraction of sp³-hybridized carbons (Fsp3) is 0.429. The van der Waals surface area contributed by atoms with Gasteiger partial charge in [-0.25, -0.2) is 0 Å². The molecular formula is C21H30N4O. The van der Waals surface area contributed by atoms with Gasteiger partial charge in [0.1, 0.15) is 5.75 Å². The summed E-state index contributed by atoms with van der Waals surface area (Å²) in [5.74, 6) is 0.752. The molecule has 0 aliphatic carbocycles. The molecule has 1 aliphatic heterocycles. The Morgan fingerprint density at radius 1 is 1.00 bits per heavy atom. The summed E-state index contributed by atoms with van der Waals surface area (Å²) in [6.07, 6.45) is 0.954. The number of hydrogen-bond acceptors (Lipinski definition) is 5. The van der Waals surface area contributed by atoms with E-state index in [0.717, 1.165) is 51.4 Å². The molecule has 2 aromatic rings. The molecule has 0 bridgehead atoms. The second-order valence-corrected chi connectivity index (χ2v) is 6.96. The monoisotopic (exact) mass is 354 g/mol. The maximum Gasteiger partial charge on any atom is 0.142 e. The number of likely N-dealkylation sites (N-methyl/N-ethyl adjacent to an activating group) is 1. The highest BCUT2D eigenvalue weighted by atomic mass is 16.5. The van der Waals surface area contributed by atoms with Gasteiger partial charge in [0.15, 0.2) is 0 Å². The Balaban J connectivity index is 1.43. The molecule has 0 aromatic heterocycles. The molecule has 26 heavy (non-hydrogen) atoms. The molecule has 0 saturated carbocycles. The second kappa shape index (κ2) is 8.92. The van der Waals surface area contributed by atoms with Gasteiger partial charge in [-0.3, -0.25) is 0 Å². The van der Waals surface area contributed by atoms with Crippen molar-refractivity contribution in [3.8, 4) is 5.75 Å². The molecule has 0 radical (unpaired) electrons.